The molecule has 4 rings (SSSR count). The van der Waals surface area contributed by atoms with Gasteiger partial charge in [0, 0.05) is 38.8 Å². The van der Waals surface area contributed by atoms with Crippen LogP contribution in [0, 0.1) is 0 Å². The molecule has 1 unspecified atom stereocenters. The molecule has 2 fully saturated rings. The number of hydrogen-bond acceptors (Lipinski definition) is 6. The maximum atomic E-state index is 12.9. The van der Waals surface area contributed by atoms with Gasteiger partial charge in [0.1, 0.15) is 0 Å². The zero-order valence-corrected chi connectivity index (χ0v) is 15.8. The molecule has 2 heterocycles. The minimum atomic E-state index is 0.175. The molecule has 0 spiro atoms. The van der Waals surface area contributed by atoms with Crippen molar-refractivity contribution in [3.05, 3.63) is 35.9 Å². The van der Waals surface area contributed by atoms with Crippen molar-refractivity contribution in [1.82, 2.24) is 30.0 Å². The molecular formula is C18H24N6OS. The SMILES string of the molecule is Cn1nnnc1SCC(=O)N1CCN(C2CC2)CC1Cc1ccccc1. The molecule has 1 aromatic carbocycles. The van der Waals surface area contributed by atoms with Crippen LogP contribution in [0.5, 0.6) is 0 Å². The summed E-state index contributed by atoms with van der Waals surface area (Å²) in [6.45, 7) is 2.77. The standard InChI is InChI=1S/C18H24N6OS/c1-22-18(19-20-21-22)26-13-17(25)24-10-9-23(15-7-8-15)12-16(24)11-14-5-3-2-4-6-14/h2-6,15-16H,7-13H2,1H3. The fourth-order valence-electron chi connectivity index (χ4n) is 3.59. The van der Waals surface area contributed by atoms with E-state index in [9.17, 15) is 4.79 Å². The number of aromatic nitrogens is 4. The van der Waals surface area contributed by atoms with Gasteiger partial charge in [0.05, 0.1) is 5.75 Å². The second-order valence-corrected chi connectivity index (χ2v) is 7.97. The van der Waals surface area contributed by atoms with Crippen LogP contribution >= 0.6 is 11.8 Å². The van der Waals surface area contributed by atoms with Gasteiger partial charge in [-0.1, -0.05) is 42.1 Å². The van der Waals surface area contributed by atoms with Gasteiger partial charge in [0.2, 0.25) is 11.1 Å². The summed E-state index contributed by atoms with van der Waals surface area (Å²) in [7, 11) is 1.79. The average molecular weight is 372 g/mol. The summed E-state index contributed by atoms with van der Waals surface area (Å²) in [4.78, 5) is 17.5. The predicted molar refractivity (Wildman–Crippen MR) is 99.8 cm³/mol. The number of rotatable bonds is 6. The quantitative estimate of drug-likeness (QED) is 0.711. The second-order valence-electron chi connectivity index (χ2n) is 7.03. The lowest BCUT2D eigenvalue weighted by Gasteiger charge is -2.42. The Morgan fingerprint density at radius 3 is 2.73 bits per heavy atom. The molecular weight excluding hydrogens is 348 g/mol. The van der Waals surface area contributed by atoms with Crippen LogP contribution in [-0.4, -0.2) is 73.4 Å². The number of hydrogen-bond donors (Lipinski definition) is 0. The fraction of sp³-hybridized carbons (Fsp3) is 0.556. The average Bonchev–Trinajstić information content (AvgIpc) is 3.43. The van der Waals surface area contributed by atoms with Crippen LogP contribution in [0.25, 0.3) is 0 Å². The first kappa shape index (κ1) is 17.5. The molecule has 2 aromatic rings. The Balaban J connectivity index is 1.42. The smallest absolute Gasteiger partial charge is 0.233 e. The van der Waals surface area contributed by atoms with Gasteiger partial charge in [-0.15, -0.1) is 5.10 Å². The zero-order valence-electron chi connectivity index (χ0n) is 15.0. The number of aryl methyl sites for hydroxylation is 1. The molecule has 1 amide bonds. The van der Waals surface area contributed by atoms with Gasteiger partial charge < -0.3 is 4.90 Å². The van der Waals surface area contributed by atoms with E-state index in [1.807, 2.05) is 6.07 Å². The van der Waals surface area contributed by atoms with Crippen LogP contribution in [0.3, 0.4) is 0 Å². The molecule has 1 saturated heterocycles. The molecule has 1 aliphatic carbocycles. The van der Waals surface area contributed by atoms with Crippen molar-refractivity contribution in [2.75, 3.05) is 25.4 Å². The highest BCUT2D eigenvalue weighted by Crippen LogP contribution is 2.30. The number of piperazine rings is 1. The number of nitrogens with zero attached hydrogens (tertiary/aromatic N) is 6. The fourth-order valence-corrected chi connectivity index (χ4v) is 4.33. The number of tetrazole rings is 1. The molecule has 1 aromatic heterocycles. The van der Waals surface area contributed by atoms with Gasteiger partial charge in [0.25, 0.3) is 0 Å². The Morgan fingerprint density at radius 1 is 1.23 bits per heavy atom. The first-order valence-corrected chi connectivity index (χ1v) is 10.1. The highest BCUT2D eigenvalue weighted by atomic mass is 32.2. The lowest BCUT2D eigenvalue weighted by Crippen LogP contribution is -2.56. The van der Waals surface area contributed by atoms with E-state index in [0.29, 0.717) is 10.9 Å². The molecule has 0 N–H and O–H groups in total. The molecule has 1 aliphatic heterocycles. The molecule has 1 saturated carbocycles. The normalized spacial score (nSPS) is 21.1. The van der Waals surface area contributed by atoms with Crippen LogP contribution < -0.4 is 0 Å². The molecule has 0 radical (unpaired) electrons. The molecule has 138 valence electrons. The minimum absolute atomic E-state index is 0.175. The predicted octanol–water partition coefficient (Wildman–Crippen LogP) is 1.22. The summed E-state index contributed by atoms with van der Waals surface area (Å²) in [5.74, 6) is 0.553. The lowest BCUT2D eigenvalue weighted by molar-refractivity contribution is -0.133. The van der Waals surface area contributed by atoms with E-state index in [4.69, 9.17) is 0 Å². The second kappa shape index (κ2) is 7.75. The summed E-state index contributed by atoms with van der Waals surface area (Å²) in [5.41, 5.74) is 1.29. The van der Waals surface area contributed by atoms with E-state index >= 15 is 0 Å². The van der Waals surface area contributed by atoms with Gasteiger partial charge in [-0.25, -0.2) is 4.68 Å². The number of carbonyl (C=O) groups excluding carboxylic acids is 1. The maximum Gasteiger partial charge on any atom is 0.233 e. The molecule has 0 bridgehead atoms. The molecule has 7 nitrogen and oxygen atoms in total. The first-order valence-electron chi connectivity index (χ1n) is 9.13. The number of amides is 1. The van der Waals surface area contributed by atoms with Crippen molar-refractivity contribution in [2.45, 2.75) is 36.5 Å². The van der Waals surface area contributed by atoms with Gasteiger partial charge >= 0.3 is 0 Å². The third-order valence-electron chi connectivity index (χ3n) is 5.12. The van der Waals surface area contributed by atoms with Crippen molar-refractivity contribution in [3.63, 3.8) is 0 Å². The van der Waals surface area contributed by atoms with E-state index < -0.39 is 0 Å². The Labute approximate surface area is 157 Å². The van der Waals surface area contributed by atoms with Gasteiger partial charge in [-0.3, -0.25) is 9.69 Å². The van der Waals surface area contributed by atoms with E-state index in [2.05, 4.69) is 49.6 Å². The summed E-state index contributed by atoms with van der Waals surface area (Å²) in [6.07, 6.45) is 3.52. The van der Waals surface area contributed by atoms with Crippen molar-refractivity contribution < 1.29 is 4.79 Å². The lowest BCUT2D eigenvalue weighted by atomic mass is 10.0. The molecule has 8 heteroatoms. The third kappa shape index (κ3) is 4.07. The van der Waals surface area contributed by atoms with Crippen molar-refractivity contribution >= 4 is 17.7 Å². The van der Waals surface area contributed by atoms with E-state index in [1.54, 1.807) is 11.7 Å². The monoisotopic (exact) mass is 372 g/mol. The Bertz CT molecular complexity index is 747. The van der Waals surface area contributed by atoms with E-state index in [0.717, 1.165) is 32.1 Å². The Morgan fingerprint density at radius 2 is 2.04 bits per heavy atom. The van der Waals surface area contributed by atoms with Crippen LogP contribution in [-0.2, 0) is 18.3 Å². The van der Waals surface area contributed by atoms with Crippen LogP contribution in [0.2, 0.25) is 0 Å². The van der Waals surface area contributed by atoms with Crippen molar-refractivity contribution in [2.24, 2.45) is 7.05 Å². The van der Waals surface area contributed by atoms with Gasteiger partial charge in [0.15, 0.2) is 0 Å². The third-order valence-corrected chi connectivity index (χ3v) is 6.11. The Hall–Kier alpha value is -1.93. The van der Waals surface area contributed by atoms with Gasteiger partial charge in [-0.05, 0) is 35.3 Å². The topological polar surface area (TPSA) is 67.2 Å². The maximum absolute atomic E-state index is 12.9. The van der Waals surface area contributed by atoms with E-state index in [-0.39, 0.29) is 11.9 Å². The molecule has 2 aliphatic rings. The number of carbonyl (C=O) groups is 1. The van der Waals surface area contributed by atoms with E-state index in [1.165, 1.54) is 30.2 Å². The van der Waals surface area contributed by atoms with Crippen LogP contribution in [0.1, 0.15) is 18.4 Å². The van der Waals surface area contributed by atoms with Crippen molar-refractivity contribution in [1.29, 1.82) is 0 Å². The van der Waals surface area contributed by atoms with Crippen LogP contribution in [0.4, 0.5) is 0 Å². The largest absolute Gasteiger partial charge is 0.336 e. The first-order chi connectivity index (χ1) is 12.7. The van der Waals surface area contributed by atoms with Crippen molar-refractivity contribution in [3.8, 4) is 0 Å². The summed E-state index contributed by atoms with van der Waals surface area (Å²) in [6, 6.07) is 11.5. The highest BCUT2D eigenvalue weighted by Gasteiger charge is 2.37. The molecule has 26 heavy (non-hydrogen) atoms. The van der Waals surface area contributed by atoms with Gasteiger partial charge in [-0.2, -0.15) is 0 Å². The zero-order chi connectivity index (χ0) is 17.9. The summed E-state index contributed by atoms with van der Waals surface area (Å²) < 4.78 is 1.60. The molecule has 1 atom stereocenters. The summed E-state index contributed by atoms with van der Waals surface area (Å²) >= 11 is 1.41. The number of benzene rings is 1. The van der Waals surface area contributed by atoms with Crippen LogP contribution in [0.15, 0.2) is 35.5 Å². The Kier molecular flexibility index (Phi) is 5.21. The highest BCUT2D eigenvalue weighted by molar-refractivity contribution is 7.99. The minimum Gasteiger partial charge on any atom is -0.336 e. The summed E-state index contributed by atoms with van der Waals surface area (Å²) in [5, 5.41) is 12.1. The number of thioether (sulfide) groups is 1.